The molecular weight excluding hydrogens is 136 g/mol. The molecule has 0 aliphatic carbocycles. The molecule has 0 bridgehead atoms. The van der Waals surface area contributed by atoms with Crippen LogP contribution in [0.1, 0.15) is 18.9 Å². The Hall–Kier alpha value is -0.820. The average Bonchev–Trinajstić information content (AvgIpc) is 2.06. The van der Waals surface area contributed by atoms with Gasteiger partial charge in [-0.1, -0.05) is 37.3 Å². The van der Waals surface area contributed by atoms with Crippen molar-refractivity contribution < 1.29 is 5.11 Å². The SMILES string of the molecule is [CH2]CC(C)(O)c1ccccc1. The molecule has 1 nitrogen and oxygen atoms in total. The highest BCUT2D eigenvalue weighted by Crippen LogP contribution is 2.22. The van der Waals surface area contributed by atoms with Crippen molar-refractivity contribution in [1.82, 2.24) is 0 Å². The van der Waals surface area contributed by atoms with Gasteiger partial charge >= 0.3 is 0 Å². The zero-order valence-corrected chi connectivity index (χ0v) is 6.75. The Balaban J connectivity index is 2.93. The van der Waals surface area contributed by atoms with E-state index in [1.165, 1.54) is 0 Å². The summed E-state index contributed by atoms with van der Waals surface area (Å²) in [6.07, 6.45) is 0.497. The molecule has 0 fully saturated rings. The minimum atomic E-state index is -0.777. The van der Waals surface area contributed by atoms with Crippen LogP contribution in [0.4, 0.5) is 0 Å². The minimum Gasteiger partial charge on any atom is -0.385 e. The van der Waals surface area contributed by atoms with Gasteiger partial charge in [-0.15, -0.1) is 0 Å². The molecule has 1 unspecified atom stereocenters. The molecule has 59 valence electrons. The molecule has 0 aliphatic heterocycles. The van der Waals surface area contributed by atoms with Crippen LogP contribution < -0.4 is 0 Å². The third-order valence-electron chi connectivity index (χ3n) is 1.88. The van der Waals surface area contributed by atoms with Gasteiger partial charge in [-0.2, -0.15) is 0 Å². The van der Waals surface area contributed by atoms with Gasteiger partial charge in [0.1, 0.15) is 0 Å². The summed E-state index contributed by atoms with van der Waals surface area (Å²) in [6.45, 7) is 5.46. The average molecular weight is 149 g/mol. The Kier molecular flexibility index (Phi) is 2.30. The number of hydrogen-bond acceptors (Lipinski definition) is 1. The van der Waals surface area contributed by atoms with Crippen LogP contribution in [0.15, 0.2) is 30.3 Å². The fraction of sp³-hybridized carbons (Fsp3) is 0.300. The number of benzene rings is 1. The smallest absolute Gasteiger partial charge is 0.0868 e. The van der Waals surface area contributed by atoms with E-state index in [1.807, 2.05) is 30.3 Å². The summed E-state index contributed by atoms with van der Waals surface area (Å²) in [5.41, 5.74) is 0.149. The van der Waals surface area contributed by atoms with Crippen molar-refractivity contribution in [3.05, 3.63) is 42.8 Å². The number of hydrogen-bond donors (Lipinski definition) is 1. The Morgan fingerprint density at radius 3 is 2.36 bits per heavy atom. The van der Waals surface area contributed by atoms with Crippen molar-refractivity contribution in [3.63, 3.8) is 0 Å². The molecule has 0 amide bonds. The van der Waals surface area contributed by atoms with E-state index in [2.05, 4.69) is 6.92 Å². The molecule has 11 heavy (non-hydrogen) atoms. The largest absolute Gasteiger partial charge is 0.385 e. The molecule has 0 saturated heterocycles. The van der Waals surface area contributed by atoms with E-state index in [1.54, 1.807) is 6.92 Å². The second kappa shape index (κ2) is 3.05. The maximum Gasteiger partial charge on any atom is 0.0868 e. The zero-order valence-electron chi connectivity index (χ0n) is 6.75. The van der Waals surface area contributed by atoms with Crippen LogP contribution in [-0.2, 0) is 5.60 Å². The Bertz CT molecular complexity index is 214. The molecule has 0 aromatic heterocycles. The van der Waals surface area contributed by atoms with E-state index in [-0.39, 0.29) is 0 Å². The fourth-order valence-corrected chi connectivity index (χ4v) is 0.942. The van der Waals surface area contributed by atoms with Gasteiger partial charge in [0.2, 0.25) is 0 Å². The first-order valence-corrected chi connectivity index (χ1v) is 3.74. The number of aliphatic hydroxyl groups is 1. The standard InChI is InChI=1S/C10H13O/c1-3-10(2,11)9-7-5-4-6-8-9/h4-8,11H,1,3H2,2H3. The first kappa shape index (κ1) is 8.28. The van der Waals surface area contributed by atoms with Crippen molar-refractivity contribution >= 4 is 0 Å². The van der Waals surface area contributed by atoms with E-state index >= 15 is 0 Å². The maximum atomic E-state index is 9.73. The molecule has 0 heterocycles. The van der Waals surface area contributed by atoms with E-state index in [4.69, 9.17) is 0 Å². The van der Waals surface area contributed by atoms with Gasteiger partial charge in [0.05, 0.1) is 5.60 Å². The lowest BCUT2D eigenvalue weighted by Gasteiger charge is -2.21. The summed E-state index contributed by atoms with van der Waals surface area (Å²) in [4.78, 5) is 0. The van der Waals surface area contributed by atoms with Crippen LogP contribution in [0.5, 0.6) is 0 Å². The summed E-state index contributed by atoms with van der Waals surface area (Å²) in [5.74, 6) is 0. The van der Waals surface area contributed by atoms with Crippen LogP contribution >= 0.6 is 0 Å². The minimum absolute atomic E-state index is 0.497. The van der Waals surface area contributed by atoms with Gasteiger partial charge in [0.25, 0.3) is 0 Å². The second-order valence-corrected chi connectivity index (χ2v) is 2.89. The zero-order chi connectivity index (χ0) is 8.32. The van der Waals surface area contributed by atoms with E-state index < -0.39 is 5.60 Å². The normalized spacial score (nSPS) is 15.9. The molecule has 1 aromatic rings. The molecule has 1 N–H and O–H groups in total. The highest BCUT2D eigenvalue weighted by atomic mass is 16.3. The maximum absolute atomic E-state index is 9.73. The van der Waals surface area contributed by atoms with Crippen molar-refractivity contribution in [2.45, 2.75) is 18.9 Å². The van der Waals surface area contributed by atoms with Crippen molar-refractivity contribution in [3.8, 4) is 0 Å². The lowest BCUT2D eigenvalue weighted by Crippen LogP contribution is -2.19. The first-order chi connectivity index (χ1) is 5.17. The van der Waals surface area contributed by atoms with Gasteiger partial charge in [-0.05, 0) is 18.9 Å². The summed E-state index contributed by atoms with van der Waals surface area (Å²) in [6, 6.07) is 9.58. The second-order valence-electron chi connectivity index (χ2n) is 2.89. The molecule has 1 atom stereocenters. The van der Waals surface area contributed by atoms with E-state index in [0.717, 1.165) is 5.56 Å². The summed E-state index contributed by atoms with van der Waals surface area (Å²) >= 11 is 0. The van der Waals surface area contributed by atoms with Crippen molar-refractivity contribution in [2.75, 3.05) is 0 Å². The predicted octanol–water partition coefficient (Wildman–Crippen LogP) is 2.12. The Morgan fingerprint density at radius 1 is 1.36 bits per heavy atom. The molecule has 0 aliphatic rings. The van der Waals surface area contributed by atoms with Crippen molar-refractivity contribution in [2.24, 2.45) is 0 Å². The molecule has 1 radical (unpaired) electrons. The number of rotatable bonds is 2. The summed E-state index contributed by atoms with van der Waals surface area (Å²) < 4.78 is 0. The Morgan fingerprint density at radius 2 is 1.91 bits per heavy atom. The van der Waals surface area contributed by atoms with Gasteiger partial charge in [-0.25, -0.2) is 0 Å². The highest BCUT2D eigenvalue weighted by Gasteiger charge is 2.18. The monoisotopic (exact) mass is 149 g/mol. The van der Waals surface area contributed by atoms with Crippen LogP contribution in [0.25, 0.3) is 0 Å². The third kappa shape index (κ3) is 1.81. The van der Waals surface area contributed by atoms with Gasteiger partial charge in [-0.3, -0.25) is 0 Å². The predicted molar refractivity (Wildman–Crippen MR) is 46.0 cm³/mol. The van der Waals surface area contributed by atoms with Gasteiger partial charge in [0.15, 0.2) is 0 Å². The molecular formula is C10H13O. The van der Waals surface area contributed by atoms with Crippen molar-refractivity contribution in [1.29, 1.82) is 0 Å². The van der Waals surface area contributed by atoms with E-state index in [0.29, 0.717) is 6.42 Å². The van der Waals surface area contributed by atoms with Crippen LogP contribution in [-0.4, -0.2) is 5.11 Å². The first-order valence-electron chi connectivity index (χ1n) is 3.74. The fourth-order valence-electron chi connectivity index (χ4n) is 0.942. The Labute approximate surface area is 67.7 Å². The lowest BCUT2D eigenvalue weighted by atomic mass is 9.94. The van der Waals surface area contributed by atoms with Crippen LogP contribution in [0.2, 0.25) is 0 Å². The molecule has 1 heteroatoms. The highest BCUT2D eigenvalue weighted by molar-refractivity contribution is 5.21. The summed E-state index contributed by atoms with van der Waals surface area (Å²) in [7, 11) is 0. The molecule has 0 saturated carbocycles. The quantitative estimate of drug-likeness (QED) is 0.682. The van der Waals surface area contributed by atoms with Gasteiger partial charge in [0, 0.05) is 0 Å². The van der Waals surface area contributed by atoms with Crippen LogP contribution in [0.3, 0.4) is 0 Å². The lowest BCUT2D eigenvalue weighted by molar-refractivity contribution is 0.0598. The molecule has 1 rings (SSSR count). The van der Waals surface area contributed by atoms with Gasteiger partial charge < -0.3 is 5.11 Å². The topological polar surface area (TPSA) is 20.2 Å². The molecule has 1 aromatic carbocycles. The third-order valence-corrected chi connectivity index (χ3v) is 1.88. The van der Waals surface area contributed by atoms with E-state index in [9.17, 15) is 5.11 Å². The summed E-state index contributed by atoms with van der Waals surface area (Å²) in [5, 5.41) is 9.73. The molecule has 0 spiro atoms. The van der Waals surface area contributed by atoms with Crippen LogP contribution in [0, 0.1) is 6.92 Å².